The average Bonchev–Trinajstić information content (AvgIpc) is 3.24. The number of para-hydroxylation sites is 1. The molecule has 1 amide bonds. The van der Waals surface area contributed by atoms with Gasteiger partial charge >= 0.3 is 5.97 Å². The summed E-state index contributed by atoms with van der Waals surface area (Å²) in [6.45, 7) is 1.71. The average molecular weight is 457 g/mol. The Morgan fingerprint density at radius 3 is 2.72 bits per heavy atom. The van der Waals surface area contributed by atoms with Crippen LogP contribution in [0, 0.1) is 6.92 Å². The van der Waals surface area contributed by atoms with Crippen LogP contribution in [-0.2, 0) is 4.79 Å². The fourth-order valence-corrected chi connectivity index (χ4v) is 2.70. The van der Waals surface area contributed by atoms with Gasteiger partial charge in [-0.3, -0.25) is 4.79 Å². The summed E-state index contributed by atoms with van der Waals surface area (Å²) in [5.41, 5.74) is 3.80. The number of nitrogens with one attached hydrogen (secondary N) is 1. The van der Waals surface area contributed by atoms with Crippen molar-refractivity contribution in [3.8, 4) is 11.5 Å². The van der Waals surface area contributed by atoms with Crippen LogP contribution >= 0.6 is 15.9 Å². The number of amides is 1. The Morgan fingerprint density at radius 2 is 1.97 bits per heavy atom. The number of benzene rings is 2. The van der Waals surface area contributed by atoms with Gasteiger partial charge in [0.1, 0.15) is 11.5 Å². The van der Waals surface area contributed by atoms with Gasteiger partial charge in [-0.2, -0.15) is 5.10 Å². The van der Waals surface area contributed by atoms with Crippen LogP contribution in [0.15, 0.2) is 74.9 Å². The van der Waals surface area contributed by atoms with Crippen molar-refractivity contribution in [3.05, 3.63) is 82.2 Å². The van der Waals surface area contributed by atoms with Crippen molar-refractivity contribution in [1.82, 2.24) is 5.43 Å². The molecule has 0 saturated carbocycles. The van der Waals surface area contributed by atoms with Crippen LogP contribution in [0.2, 0.25) is 0 Å². The van der Waals surface area contributed by atoms with E-state index in [0.717, 1.165) is 10.0 Å². The molecule has 0 aliphatic rings. The van der Waals surface area contributed by atoms with Crippen LogP contribution in [-0.4, -0.2) is 24.7 Å². The molecule has 1 heterocycles. The Morgan fingerprint density at radius 1 is 1.14 bits per heavy atom. The van der Waals surface area contributed by atoms with Crippen molar-refractivity contribution in [2.24, 2.45) is 5.10 Å². The number of carbonyl (C=O) groups is 2. The fraction of sp³-hybridized carbons (Fsp3) is 0.0952. The standard InChI is InChI=1S/C21H17BrN2O5/c1-14-5-2-3-6-17(14)28-13-20(25)24-23-12-15-11-16(22)8-9-18(15)29-21(26)19-7-4-10-27-19/h2-12H,13H2,1H3,(H,24,25)/b23-12-. The van der Waals surface area contributed by atoms with E-state index in [9.17, 15) is 9.59 Å². The lowest BCUT2D eigenvalue weighted by Crippen LogP contribution is -2.24. The number of halogens is 1. The van der Waals surface area contributed by atoms with Gasteiger partial charge in [0.2, 0.25) is 5.76 Å². The summed E-state index contributed by atoms with van der Waals surface area (Å²) in [5, 5.41) is 3.91. The second-order valence-electron chi connectivity index (χ2n) is 5.90. The van der Waals surface area contributed by atoms with Gasteiger partial charge in [0.05, 0.1) is 12.5 Å². The number of hydrogen-bond acceptors (Lipinski definition) is 6. The van der Waals surface area contributed by atoms with Crippen LogP contribution in [0.4, 0.5) is 0 Å². The largest absolute Gasteiger partial charge is 0.483 e. The molecule has 148 valence electrons. The molecule has 8 heteroatoms. The quantitative estimate of drug-likeness (QED) is 0.250. The maximum absolute atomic E-state index is 12.1. The normalized spacial score (nSPS) is 10.7. The second kappa shape index (κ2) is 9.70. The molecule has 0 atom stereocenters. The van der Waals surface area contributed by atoms with Crippen LogP contribution in [0.25, 0.3) is 0 Å². The van der Waals surface area contributed by atoms with E-state index in [2.05, 4.69) is 26.5 Å². The molecule has 0 aliphatic heterocycles. The highest BCUT2D eigenvalue weighted by molar-refractivity contribution is 9.10. The zero-order chi connectivity index (χ0) is 20.6. The van der Waals surface area contributed by atoms with E-state index in [-0.39, 0.29) is 18.1 Å². The molecule has 1 aromatic heterocycles. The molecule has 0 spiro atoms. The minimum Gasteiger partial charge on any atom is -0.483 e. The molecule has 3 aromatic rings. The van der Waals surface area contributed by atoms with Gasteiger partial charge in [0.15, 0.2) is 6.61 Å². The third-order valence-corrected chi connectivity index (χ3v) is 4.24. The lowest BCUT2D eigenvalue weighted by Gasteiger charge is -2.08. The zero-order valence-electron chi connectivity index (χ0n) is 15.4. The summed E-state index contributed by atoms with van der Waals surface area (Å²) in [6.07, 6.45) is 2.76. The van der Waals surface area contributed by atoms with E-state index < -0.39 is 11.9 Å². The van der Waals surface area contributed by atoms with Crippen LogP contribution in [0.3, 0.4) is 0 Å². The Bertz CT molecular complexity index is 1030. The van der Waals surface area contributed by atoms with Gasteiger partial charge in [-0.25, -0.2) is 10.2 Å². The number of carbonyl (C=O) groups excluding carboxylic acids is 2. The Kier molecular flexibility index (Phi) is 6.80. The topological polar surface area (TPSA) is 90.1 Å². The van der Waals surface area contributed by atoms with Gasteiger partial charge in [-0.15, -0.1) is 0 Å². The fourth-order valence-electron chi connectivity index (χ4n) is 2.33. The van der Waals surface area contributed by atoms with E-state index in [1.165, 1.54) is 18.5 Å². The Balaban J connectivity index is 1.60. The Hall–Kier alpha value is -3.39. The summed E-state index contributed by atoms with van der Waals surface area (Å²) in [5.74, 6) is -0.0803. The van der Waals surface area contributed by atoms with E-state index in [1.807, 2.05) is 25.1 Å². The van der Waals surface area contributed by atoms with Crippen LogP contribution in [0.1, 0.15) is 21.7 Å². The van der Waals surface area contributed by atoms with E-state index >= 15 is 0 Å². The first-order valence-corrected chi connectivity index (χ1v) is 9.38. The molecule has 0 aliphatic carbocycles. The number of furan rings is 1. The lowest BCUT2D eigenvalue weighted by atomic mass is 10.2. The van der Waals surface area contributed by atoms with Crippen molar-refractivity contribution in [2.45, 2.75) is 6.92 Å². The third-order valence-electron chi connectivity index (χ3n) is 3.74. The molecule has 0 saturated heterocycles. The highest BCUT2D eigenvalue weighted by atomic mass is 79.9. The first kappa shape index (κ1) is 20.3. The number of ether oxygens (including phenoxy) is 2. The number of aryl methyl sites for hydroxylation is 1. The maximum Gasteiger partial charge on any atom is 0.379 e. The van der Waals surface area contributed by atoms with Crippen LogP contribution in [0.5, 0.6) is 11.5 Å². The van der Waals surface area contributed by atoms with Gasteiger partial charge in [-0.1, -0.05) is 34.1 Å². The number of esters is 1. The van der Waals surface area contributed by atoms with Crippen LogP contribution < -0.4 is 14.9 Å². The molecular formula is C21H17BrN2O5. The van der Waals surface area contributed by atoms with Gasteiger partial charge < -0.3 is 13.9 Å². The molecule has 2 aromatic carbocycles. The van der Waals surface area contributed by atoms with Crippen molar-refractivity contribution < 1.29 is 23.5 Å². The molecule has 7 nitrogen and oxygen atoms in total. The Labute approximate surface area is 175 Å². The van der Waals surface area contributed by atoms with E-state index in [0.29, 0.717) is 11.3 Å². The highest BCUT2D eigenvalue weighted by Gasteiger charge is 2.14. The summed E-state index contributed by atoms with van der Waals surface area (Å²) < 4.78 is 16.6. The van der Waals surface area contributed by atoms with Crippen molar-refractivity contribution in [2.75, 3.05) is 6.61 Å². The van der Waals surface area contributed by atoms with Gasteiger partial charge in [0, 0.05) is 10.0 Å². The number of nitrogens with zero attached hydrogens (tertiary/aromatic N) is 1. The summed E-state index contributed by atoms with van der Waals surface area (Å²) in [6, 6.07) is 15.5. The number of hydrazone groups is 1. The first-order chi connectivity index (χ1) is 14.0. The first-order valence-electron chi connectivity index (χ1n) is 8.58. The maximum atomic E-state index is 12.1. The number of rotatable bonds is 7. The molecule has 0 unspecified atom stereocenters. The van der Waals surface area contributed by atoms with Crippen molar-refractivity contribution >= 4 is 34.0 Å². The molecule has 0 bridgehead atoms. The lowest BCUT2D eigenvalue weighted by molar-refractivity contribution is -0.123. The smallest absolute Gasteiger partial charge is 0.379 e. The predicted octanol–water partition coefficient (Wildman–Crippen LogP) is 4.10. The van der Waals surface area contributed by atoms with Gasteiger partial charge in [-0.05, 0) is 48.9 Å². The summed E-state index contributed by atoms with van der Waals surface area (Å²) in [7, 11) is 0. The molecule has 29 heavy (non-hydrogen) atoms. The number of hydrogen-bond donors (Lipinski definition) is 1. The summed E-state index contributed by atoms with van der Waals surface area (Å²) in [4.78, 5) is 24.0. The van der Waals surface area contributed by atoms with Crippen molar-refractivity contribution in [1.29, 1.82) is 0 Å². The minimum atomic E-state index is -0.636. The molecule has 1 N–H and O–H groups in total. The summed E-state index contributed by atoms with van der Waals surface area (Å²) >= 11 is 3.35. The minimum absolute atomic E-state index is 0.0810. The molecular weight excluding hydrogens is 440 g/mol. The van der Waals surface area contributed by atoms with E-state index in [1.54, 1.807) is 30.3 Å². The van der Waals surface area contributed by atoms with Gasteiger partial charge in [0.25, 0.3) is 5.91 Å². The molecule has 0 fully saturated rings. The second-order valence-corrected chi connectivity index (χ2v) is 6.81. The SMILES string of the molecule is Cc1ccccc1OCC(=O)N/N=C\c1cc(Br)ccc1OC(=O)c1ccco1. The molecule has 3 rings (SSSR count). The highest BCUT2D eigenvalue weighted by Crippen LogP contribution is 2.23. The van der Waals surface area contributed by atoms with Crippen molar-refractivity contribution in [3.63, 3.8) is 0 Å². The third kappa shape index (κ3) is 5.79. The molecule has 0 radical (unpaired) electrons. The predicted molar refractivity (Wildman–Crippen MR) is 110 cm³/mol. The zero-order valence-corrected chi connectivity index (χ0v) is 17.0. The monoisotopic (exact) mass is 456 g/mol. The van der Waals surface area contributed by atoms with E-state index in [4.69, 9.17) is 13.9 Å².